The number of anilines is 1. The van der Waals surface area contributed by atoms with Gasteiger partial charge in [-0.15, -0.1) is 0 Å². The van der Waals surface area contributed by atoms with Crippen LogP contribution in [0.4, 0.5) is 5.69 Å². The quantitative estimate of drug-likeness (QED) is 0.288. The summed E-state index contributed by atoms with van der Waals surface area (Å²) in [4.78, 5) is 12.4. The zero-order chi connectivity index (χ0) is 22.4. The smallest absolute Gasteiger partial charge is 0.266 e. The number of carbonyl (C=O) groups is 1. The van der Waals surface area contributed by atoms with Crippen LogP contribution in [0, 0.1) is 11.3 Å². The van der Waals surface area contributed by atoms with E-state index >= 15 is 0 Å². The van der Waals surface area contributed by atoms with Crippen LogP contribution in [0.2, 0.25) is 20.1 Å². The Morgan fingerprint density at radius 3 is 2.45 bits per heavy atom. The van der Waals surface area contributed by atoms with Crippen molar-refractivity contribution in [3.63, 3.8) is 0 Å². The van der Waals surface area contributed by atoms with E-state index in [4.69, 9.17) is 51.1 Å². The van der Waals surface area contributed by atoms with Crippen LogP contribution >= 0.6 is 46.4 Å². The van der Waals surface area contributed by atoms with Crippen LogP contribution in [0.15, 0.2) is 66.2 Å². The van der Waals surface area contributed by atoms with Crippen LogP contribution in [0.25, 0.3) is 6.08 Å². The van der Waals surface area contributed by atoms with Gasteiger partial charge in [0.25, 0.3) is 5.91 Å². The third kappa shape index (κ3) is 6.40. The number of benzene rings is 3. The SMILES string of the molecule is N#C/C(=C\c1ccc(OCc2ccc(Cl)c(Cl)c2)c(Cl)c1)C(=O)Nc1cccc(Cl)c1. The van der Waals surface area contributed by atoms with Gasteiger partial charge in [-0.2, -0.15) is 5.26 Å². The van der Waals surface area contributed by atoms with Crippen molar-refractivity contribution >= 4 is 64.1 Å². The Kier molecular flexibility index (Phi) is 7.84. The number of nitrogens with zero attached hydrogens (tertiary/aromatic N) is 1. The minimum Gasteiger partial charge on any atom is -0.487 e. The fourth-order valence-corrected chi connectivity index (χ4v) is 3.35. The molecule has 0 spiro atoms. The largest absolute Gasteiger partial charge is 0.487 e. The molecule has 3 aromatic rings. The van der Waals surface area contributed by atoms with Gasteiger partial charge in [-0.05, 0) is 59.7 Å². The van der Waals surface area contributed by atoms with Crippen LogP contribution in [0.3, 0.4) is 0 Å². The molecule has 0 aromatic heterocycles. The van der Waals surface area contributed by atoms with Crippen molar-refractivity contribution in [2.75, 3.05) is 5.32 Å². The highest BCUT2D eigenvalue weighted by Crippen LogP contribution is 2.28. The fourth-order valence-electron chi connectivity index (χ4n) is 2.59. The van der Waals surface area contributed by atoms with Gasteiger partial charge in [0, 0.05) is 10.7 Å². The van der Waals surface area contributed by atoms with E-state index in [1.165, 1.54) is 6.08 Å². The van der Waals surface area contributed by atoms with Gasteiger partial charge >= 0.3 is 0 Å². The summed E-state index contributed by atoms with van der Waals surface area (Å²) in [5.74, 6) is -0.104. The zero-order valence-corrected chi connectivity index (χ0v) is 18.9. The lowest BCUT2D eigenvalue weighted by atomic mass is 10.1. The first kappa shape index (κ1) is 23.0. The normalized spacial score (nSPS) is 11.0. The summed E-state index contributed by atoms with van der Waals surface area (Å²) in [6.45, 7) is 0.247. The molecule has 0 unspecified atom stereocenters. The molecule has 1 amide bonds. The molecule has 0 radical (unpaired) electrons. The van der Waals surface area contributed by atoms with E-state index in [2.05, 4.69) is 5.32 Å². The molecule has 3 rings (SSSR count). The van der Waals surface area contributed by atoms with Gasteiger partial charge in [0.05, 0.1) is 15.1 Å². The number of rotatable bonds is 6. The lowest BCUT2D eigenvalue weighted by Gasteiger charge is -2.10. The minimum atomic E-state index is -0.555. The summed E-state index contributed by atoms with van der Waals surface area (Å²) in [5.41, 5.74) is 1.81. The Bertz CT molecular complexity index is 1200. The first-order valence-electron chi connectivity index (χ1n) is 8.90. The maximum absolute atomic E-state index is 12.4. The van der Waals surface area contributed by atoms with Crippen LogP contribution < -0.4 is 10.1 Å². The van der Waals surface area contributed by atoms with Gasteiger partial charge in [0.15, 0.2) is 0 Å². The average Bonchev–Trinajstić information content (AvgIpc) is 2.73. The maximum atomic E-state index is 12.4. The molecule has 0 fully saturated rings. The lowest BCUT2D eigenvalue weighted by molar-refractivity contribution is -0.112. The first-order valence-corrected chi connectivity index (χ1v) is 10.4. The van der Waals surface area contributed by atoms with Crippen LogP contribution in [0.1, 0.15) is 11.1 Å². The number of amides is 1. The second-order valence-corrected chi connectivity index (χ2v) is 8.02. The molecule has 0 saturated heterocycles. The fraction of sp³-hybridized carbons (Fsp3) is 0.0435. The van der Waals surface area contributed by atoms with Crippen molar-refractivity contribution in [2.24, 2.45) is 0 Å². The number of ether oxygens (including phenoxy) is 1. The third-order valence-corrected chi connectivity index (χ3v) is 5.36. The van der Waals surface area contributed by atoms with Crippen molar-refractivity contribution in [2.45, 2.75) is 6.61 Å². The summed E-state index contributed by atoms with van der Waals surface area (Å²) >= 11 is 24.1. The molecule has 0 aliphatic heterocycles. The molecule has 3 aromatic carbocycles. The molecule has 0 bridgehead atoms. The van der Waals surface area contributed by atoms with Crippen molar-refractivity contribution in [3.05, 3.63) is 97.5 Å². The van der Waals surface area contributed by atoms with Crippen LogP contribution in [-0.2, 0) is 11.4 Å². The van der Waals surface area contributed by atoms with Crippen LogP contribution in [0.5, 0.6) is 5.75 Å². The summed E-state index contributed by atoms with van der Waals surface area (Å²) < 4.78 is 5.73. The number of hydrogen-bond donors (Lipinski definition) is 1. The monoisotopic (exact) mass is 490 g/mol. The molecule has 8 heteroatoms. The number of nitriles is 1. The minimum absolute atomic E-state index is 0.0829. The van der Waals surface area contributed by atoms with E-state index in [-0.39, 0.29) is 12.2 Å². The van der Waals surface area contributed by atoms with Crippen molar-refractivity contribution in [3.8, 4) is 11.8 Å². The van der Waals surface area contributed by atoms with E-state index in [1.807, 2.05) is 6.07 Å². The van der Waals surface area contributed by atoms with Gasteiger partial charge in [0.1, 0.15) is 24.0 Å². The molecule has 156 valence electrons. The van der Waals surface area contributed by atoms with Crippen LogP contribution in [-0.4, -0.2) is 5.91 Å². The lowest BCUT2D eigenvalue weighted by Crippen LogP contribution is -2.13. The first-order chi connectivity index (χ1) is 14.9. The van der Waals surface area contributed by atoms with E-state index < -0.39 is 5.91 Å². The molecular formula is C23H14Cl4N2O2. The number of hydrogen-bond acceptors (Lipinski definition) is 3. The number of carbonyl (C=O) groups excluding carboxylic acids is 1. The predicted octanol–water partition coefficient (Wildman–Crippen LogP) is 7.42. The molecule has 1 N–H and O–H groups in total. The summed E-state index contributed by atoms with van der Waals surface area (Å²) in [6, 6.07) is 18.7. The predicted molar refractivity (Wildman–Crippen MR) is 126 cm³/mol. The van der Waals surface area contributed by atoms with Crippen molar-refractivity contribution < 1.29 is 9.53 Å². The Labute approximate surface area is 199 Å². The molecule has 0 saturated carbocycles. The van der Waals surface area contributed by atoms with E-state index in [1.54, 1.807) is 60.7 Å². The maximum Gasteiger partial charge on any atom is 0.266 e. The molecule has 0 atom stereocenters. The molecule has 4 nitrogen and oxygen atoms in total. The Morgan fingerprint density at radius 1 is 0.968 bits per heavy atom. The Balaban J connectivity index is 1.71. The highest BCUT2D eigenvalue weighted by atomic mass is 35.5. The van der Waals surface area contributed by atoms with Gasteiger partial charge in [-0.3, -0.25) is 4.79 Å². The van der Waals surface area contributed by atoms with E-state index in [0.717, 1.165) is 5.56 Å². The van der Waals surface area contributed by atoms with Gasteiger partial charge in [0.2, 0.25) is 0 Å². The Hall–Kier alpha value is -2.68. The van der Waals surface area contributed by atoms with Gasteiger partial charge in [-0.25, -0.2) is 0 Å². The van der Waals surface area contributed by atoms with Crippen molar-refractivity contribution in [1.82, 2.24) is 0 Å². The third-order valence-electron chi connectivity index (χ3n) is 4.09. The topological polar surface area (TPSA) is 62.1 Å². The van der Waals surface area contributed by atoms with Crippen molar-refractivity contribution in [1.29, 1.82) is 5.26 Å². The van der Waals surface area contributed by atoms with E-state index in [0.29, 0.717) is 37.1 Å². The average molecular weight is 492 g/mol. The van der Waals surface area contributed by atoms with E-state index in [9.17, 15) is 10.1 Å². The second kappa shape index (κ2) is 10.6. The van der Waals surface area contributed by atoms with Gasteiger partial charge < -0.3 is 10.1 Å². The highest BCUT2D eigenvalue weighted by Gasteiger charge is 2.11. The highest BCUT2D eigenvalue weighted by molar-refractivity contribution is 6.42. The molecule has 0 aliphatic rings. The standard InChI is InChI=1S/C23H14Cl4N2O2/c24-17-2-1-3-18(11-17)29-23(30)16(12-28)8-14-5-7-22(21(27)9-14)31-13-15-4-6-19(25)20(26)10-15/h1-11H,13H2,(H,29,30)/b16-8+. The summed E-state index contributed by atoms with van der Waals surface area (Å²) in [6.07, 6.45) is 1.44. The number of nitrogens with one attached hydrogen (secondary N) is 1. The molecular weight excluding hydrogens is 478 g/mol. The second-order valence-electron chi connectivity index (χ2n) is 6.36. The molecule has 31 heavy (non-hydrogen) atoms. The Morgan fingerprint density at radius 2 is 1.77 bits per heavy atom. The van der Waals surface area contributed by atoms with Gasteiger partial charge in [-0.1, -0.05) is 64.6 Å². The molecule has 0 aliphatic carbocycles. The zero-order valence-electron chi connectivity index (χ0n) is 15.8. The summed E-state index contributed by atoms with van der Waals surface area (Å²) in [5, 5.41) is 13.7. The number of halogens is 4. The molecule has 0 heterocycles. The summed E-state index contributed by atoms with van der Waals surface area (Å²) in [7, 11) is 0.